The summed E-state index contributed by atoms with van der Waals surface area (Å²) in [7, 11) is -1.49. The number of carbonyl (C=O) groups is 1. The summed E-state index contributed by atoms with van der Waals surface area (Å²) in [4.78, 5) is 26.6. The molecule has 1 amide bonds. The third-order valence-corrected chi connectivity index (χ3v) is 7.91. The van der Waals surface area contributed by atoms with Crippen LogP contribution in [0.1, 0.15) is 28.8 Å². The van der Waals surface area contributed by atoms with E-state index in [9.17, 15) is 26.8 Å². The average molecular weight is 694 g/mol. The van der Waals surface area contributed by atoms with Gasteiger partial charge in [-0.25, -0.2) is 13.5 Å². The van der Waals surface area contributed by atoms with Gasteiger partial charge in [0.05, 0.1) is 16.9 Å². The van der Waals surface area contributed by atoms with E-state index in [2.05, 4.69) is 10.6 Å². The molecule has 1 aromatic heterocycles. The highest BCUT2D eigenvalue weighted by atomic mass is 127. The molecule has 1 fully saturated rings. The van der Waals surface area contributed by atoms with Gasteiger partial charge in [-0.15, -0.1) is 0 Å². The summed E-state index contributed by atoms with van der Waals surface area (Å²) in [5, 5.41) is 5.05. The zero-order valence-corrected chi connectivity index (χ0v) is 24.5. The predicted molar refractivity (Wildman–Crippen MR) is 152 cm³/mol. The van der Waals surface area contributed by atoms with E-state index in [1.165, 1.54) is 32.2 Å². The molecule has 0 bridgehead atoms. The van der Waals surface area contributed by atoms with Crippen molar-refractivity contribution in [2.45, 2.75) is 25.8 Å². The van der Waals surface area contributed by atoms with Crippen molar-refractivity contribution in [1.29, 1.82) is 0 Å². The van der Waals surface area contributed by atoms with Crippen LogP contribution in [0.3, 0.4) is 0 Å². The molecule has 0 unspecified atom stereocenters. The minimum absolute atomic E-state index is 0.00326. The Labute approximate surface area is 241 Å². The number of hydrogen-bond donors (Lipinski definition) is 4. The molecule has 10 nitrogen and oxygen atoms in total. The van der Waals surface area contributed by atoms with Gasteiger partial charge in [0.25, 0.3) is 21.7 Å². The molecule has 1 aliphatic rings. The number of anilines is 3. The van der Waals surface area contributed by atoms with E-state index in [1.54, 1.807) is 6.07 Å². The molecule has 0 aliphatic heterocycles. The molecule has 2 aromatic carbocycles. The maximum atomic E-state index is 15.0. The summed E-state index contributed by atoms with van der Waals surface area (Å²) in [6.45, 7) is 1.42. The van der Waals surface area contributed by atoms with Crippen LogP contribution < -0.4 is 30.4 Å². The monoisotopic (exact) mass is 693 g/mol. The zero-order valence-electron chi connectivity index (χ0n) is 20.8. The van der Waals surface area contributed by atoms with Crippen molar-refractivity contribution in [3.05, 3.63) is 72.0 Å². The van der Waals surface area contributed by atoms with Gasteiger partial charge in [0, 0.05) is 23.7 Å². The lowest BCUT2D eigenvalue weighted by molar-refractivity contribution is 0.0948. The molecule has 4 N–H and O–H groups in total. The number of benzene rings is 2. The van der Waals surface area contributed by atoms with E-state index in [0.29, 0.717) is 3.57 Å². The number of nitrogens with zero attached hydrogens (tertiary/aromatic N) is 1. The second-order valence-electron chi connectivity index (χ2n) is 8.69. The van der Waals surface area contributed by atoms with Crippen molar-refractivity contribution in [3.63, 3.8) is 0 Å². The zero-order chi connectivity index (χ0) is 28.6. The highest BCUT2D eigenvalue weighted by Crippen LogP contribution is 2.39. The maximum Gasteiger partial charge on any atom is 0.298 e. The highest BCUT2D eigenvalue weighted by Gasteiger charge is 2.31. The van der Waals surface area contributed by atoms with Gasteiger partial charge in [-0.2, -0.15) is 8.42 Å². The van der Waals surface area contributed by atoms with Crippen molar-refractivity contribution in [1.82, 2.24) is 14.6 Å². The molecule has 0 saturated heterocycles. The van der Waals surface area contributed by atoms with Gasteiger partial charge >= 0.3 is 0 Å². The quantitative estimate of drug-likeness (QED) is 0.244. The van der Waals surface area contributed by atoms with E-state index < -0.39 is 44.0 Å². The standard InChI is InChI=1S/C24H23ClF2IN5O5S/c1-11-21(38-17-9-8-16(20(27)19(17)25)32-39(36,37)29-2)18(23(34)30-13-5-6-13)22(33(3)24(11)35)31-15-7-4-12(28)10-14(15)26/h4,7-10,13,29,31-32H,5-6H2,1-3H3,(H,30,34). The Bertz CT molecular complexity index is 1650. The van der Waals surface area contributed by atoms with Crippen LogP contribution in [0.2, 0.25) is 5.02 Å². The van der Waals surface area contributed by atoms with Crippen LogP contribution >= 0.6 is 34.2 Å². The van der Waals surface area contributed by atoms with Crippen LogP contribution in [0.4, 0.5) is 26.0 Å². The molecular weight excluding hydrogens is 671 g/mol. The van der Waals surface area contributed by atoms with Gasteiger partial charge in [0.15, 0.2) is 11.6 Å². The largest absolute Gasteiger partial charge is 0.454 e. The van der Waals surface area contributed by atoms with E-state index in [1.807, 2.05) is 32.0 Å². The van der Waals surface area contributed by atoms with Gasteiger partial charge < -0.3 is 15.4 Å². The van der Waals surface area contributed by atoms with Crippen molar-refractivity contribution in [3.8, 4) is 11.5 Å². The molecule has 1 saturated carbocycles. The minimum Gasteiger partial charge on any atom is -0.454 e. The van der Waals surface area contributed by atoms with Crippen LogP contribution in [-0.2, 0) is 17.3 Å². The smallest absolute Gasteiger partial charge is 0.298 e. The molecule has 39 heavy (non-hydrogen) atoms. The van der Waals surface area contributed by atoms with Gasteiger partial charge in [-0.1, -0.05) is 11.6 Å². The number of pyridine rings is 1. The topological polar surface area (TPSA) is 131 Å². The lowest BCUT2D eigenvalue weighted by atomic mass is 10.1. The molecule has 3 aromatic rings. The first-order valence-corrected chi connectivity index (χ1v) is 14.4. The van der Waals surface area contributed by atoms with Crippen LogP contribution in [0, 0.1) is 22.1 Å². The molecule has 0 atom stereocenters. The molecule has 0 radical (unpaired) electrons. The Balaban J connectivity index is 1.86. The molecule has 1 heterocycles. The van der Waals surface area contributed by atoms with Crippen LogP contribution in [0.15, 0.2) is 35.1 Å². The number of halogens is 4. The molecule has 4 rings (SSSR count). The SMILES string of the molecule is CNS(=O)(=O)Nc1ccc(Oc2c(C(=O)NC3CC3)c(Nc3ccc(I)cc3F)n(C)c(=O)c2C)c(Cl)c1F. The first-order valence-electron chi connectivity index (χ1n) is 11.5. The number of hydrogen-bond acceptors (Lipinski definition) is 6. The third-order valence-electron chi connectivity index (χ3n) is 5.86. The molecule has 1 aliphatic carbocycles. The fourth-order valence-electron chi connectivity index (χ4n) is 3.60. The number of nitrogens with one attached hydrogen (secondary N) is 4. The van der Waals surface area contributed by atoms with Gasteiger partial charge in [-0.05, 0) is 72.7 Å². The van der Waals surface area contributed by atoms with E-state index in [4.69, 9.17) is 16.3 Å². The van der Waals surface area contributed by atoms with Crippen molar-refractivity contribution in [2.24, 2.45) is 7.05 Å². The summed E-state index contributed by atoms with van der Waals surface area (Å²) in [6, 6.07) is 6.57. The van der Waals surface area contributed by atoms with Crippen molar-refractivity contribution >= 4 is 67.5 Å². The minimum atomic E-state index is -4.04. The first-order chi connectivity index (χ1) is 18.3. The van der Waals surface area contributed by atoms with Crippen molar-refractivity contribution < 1.29 is 26.7 Å². The predicted octanol–water partition coefficient (Wildman–Crippen LogP) is 4.53. The molecule has 0 spiro atoms. The summed E-state index contributed by atoms with van der Waals surface area (Å²) in [5.74, 6) is -2.93. The summed E-state index contributed by atoms with van der Waals surface area (Å²) >= 11 is 8.12. The Morgan fingerprint density at radius 3 is 2.46 bits per heavy atom. The fourth-order valence-corrected chi connectivity index (χ4v) is 4.80. The average Bonchev–Trinajstić information content (AvgIpc) is 3.70. The normalized spacial score (nSPS) is 13.2. The first kappa shape index (κ1) is 29.0. The second kappa shape index (κ2) is 11.3. The second-order valence-corrected chi connectivity index (χ2v) is 11.9. The van der Waals surface area contributed by atoms with Gasteiger partial charge in [0.1, 0.15) is 28.0 Å². The lowest BCUT2D eigenvalue weighted by Crippen LogP contribution is -2.31. The summed E-state index contributed by atoms with van der Waals surface area (Å²) in [6.07, 6.45) is 1.53. The number of rotatable bonds is 9. The third kappa shape index (κ3) is 6.28. The number of aromatic nitrogens is 1. The number of amides is 1. The van der Waals surface area contributed by atoms with Gasteiger partial charge in [0.2, 0.25) is 0 Å². The molecule has 208 valence electrons. The fraction of sp³-hybridized carbons (Fsp3) is 0.250. The van der Waals surface area contributed by atoms with Crippen LogP contribution in [0.5, 0.6) is 11.5 Å². The van der Waals surface area contributed by atoms with Crippen LogP contribution in [0.25, 0.3) is 0 Å². The lowest BCUT2D eigenvalue weighted by Gasteiger charge is -2.22. The summed E-state index contributed by atoms with van der Waals surface area (Å²) < 4.78 is 64.9. The van der Waals surface area contributed by atoms with Gasteiger partial charge in [-0.3, -0.25) is 18.9 Å². The van der Waals surface area contributed by atoms with Crippen LogP contribution in [-0.4, -0.2) is 32.0 Å². The highest BCUT2D eigenvalue weighted by molar-refractivity contribution is 14.1. The Kier molecular flexibility index (Phi) is 8.39. The maximum absolute atomic E-state index is 15.0. The van der Waals surface area contributed by atoms with E-state index in [-0.39, 0.29) is 40.2 Å². The Hall–Kier alpha value is -2.95. The molecule has 15 heteroatoms. The number of carbonyl (C=O) groups excluding carboxylic acids is 1. The van der Waals surface area contributed by atoms with E-state index >= 15 is 0 Å². The summed E-state index contributed by atoms with van der Waals surface area (Å²) in [5.41, 5.74) is -1.15. The Morgan fingerprint density at radius 1 is 1.18 bits per heavy atom. The molecular formula is C24H23ClF2IN5O5S. The number of ether oxygens (including phenoxy) is 1. The Morgan fingerprint density at radius 2 is 1.85 bits per heavy atom. The van der Waals surface area contributed by atoms with E-state index in [0.717, 1.165) is 30.5 Å². The van der Waals surface area contributed by atoms with Crippen molar-refractivity contribution in [2.75, 3.05) is 17.1 Å².